The van der Waals surface area contributed by atoms with Crippen molar-refractivity contribution in [3.8, 4) is 11.5 Å². The number of rotatable bonds is 0. The Morgan fingerprint density at radius 3 is 1.69 bits per heavy atom. The van der Waals surface area contributed by atoms with Gasteiger partial charge < -0.3 is 4.74 Å². The van der Waals surface area contributed by atoms with Crippen LogP contribution in [0.3, 0.4) is 0 Å². The normalized spacial score (nSPS) is 15.9. The zero-order chi connectivity index (χ0) is 11.2. The molecule has 0 fully saturated rings. The van der Waals surface area contributed by atoms with Crippen LogP contribution in [0.5, 0.6) is 11.5 Å². The summed E-state index contributed by atoms with van der Waals surface area (Å²) >= 11 is 13.1. The predicted molar refractivity (Wildman–Crippen MR) is 69.7 cm³/mol. The highest BCUT2D eigenvalue weighted by molar-refractivity contribution is 7.56. The van der Waals surface area contributed by atoms with Crippen LogP contribution >= 0.6 is 22.2 Å². The maximum absolute atomic E-state index is 6.56. The molecule has 0 unspecified atom stereocenters. The molecule has 1 nitrogen and oxygen atoms in total. The summed E-state index contributed by atoms with van der Waals surface area (Å²) in [6.45, 7) is -2.61. The van der Waals surface area contributed by atoms with Gasteiger partial charge in [-0.1, -0.05) is 36.4 Å². The van der Waals surface area contributed by atoms with Gasteiger partial charge in [-0.15, -0.1) is 22.2 Å². The monoisotopic (exact) mass is 266 g/mol. The lowest BCUT2D eigenvalue weighted by Gasteiger charge is -2.28. The topological polar surface area (TPSA) is 9.23 Å². The fourth-order valence-electron chi connectivity index (χ4n) is 1.89. The number of hydrogen-bond acceptors (Lipinski definition) is 1. The molecular weight excluding hydrogens is 259 g/mol. The SMILES string of the molecule is Cl[Si]1(Cl)c2ccccc2Oc2ccccc21. The molecule has 0 aromatic heterocycles. The summed E-state index contributed by atoms with van der Waals surface area (Å²) in [6.07, 6.45) is 0. The first-order valence-corrected chi connectivity index (χ1v) is 8.96. The second-order valence-corrected chi connectivity index (χ2v) is 9.88. The van der Waals surface area contributed by atoms with Crippen LogP contribution in [0.15, 0.2) is 48.5 Å². The number of benzene rings is 2. The van der Waals surface area contributed by atoms with Crippen molar-refractivity contribution in [2.24, 2.45) is 0 Å². The Labute approximate surface area is 104 Å². The van der Waals surface area contributed by atoms with Gasteiger partial charge in [0.1, 0.15) is 11.5 Å². The number of ether oxygens (including phenoxy) is 1. The van der Waals surface area contributed by atoms with Gasteiger partial charge in [-0.3, -0.25) is 0 Å². The second kappa shape index (κ2) is 3.52. The van der Waals surface area contributed by atoms with Crippen molar-refractivity contribution in [1.82, 2.24) is 0 Å². The molecule has 4 heteroatoms. The van der Waals surface area contributed by atoms with Crippen LogP contribution in [0.25, 0.3) is 0 Å². The summed E-state index contributed by atoms with van der Waals surface area (Å²) in [5, 5.41) is 1.86. The Bertz CT molecular complexity index is 507. The van der Waals surface area contributed by atoms with Gasteiger partial charge in [0.15, 0.2) is 0 Å². The van der Waals surface area contributed by atoms with Crippen molar-refractivity contribution in [3.05, 3.63) is 48.5 Å². The van der Waals surface area contributed by atoms with Gasteiger partial charge in [0.25, 0.3) is 0 Å². The Balaban J connectivity index is 2.28. The minimum absolute atomic E-state index is 0.776. The molecule has 0 N–H and O–H groups in total. The Hall–Kier alpha value is -0.963. The van der Waals surface area contributed by atoms with E-state index in [0.29, 0.717) is 0 Å². The highest BCUT2D eigenvalue weighted by Gasteiger charge is 2.41. The van der Waals surface area contributed by atoms with Crippen molar-refractivity contribution in [2.45, 2.75) is 0 Å². The molecule has 0 amide bonds. The van der Waals surface area contributed by atoms with E-state index in [4.69, 9.17) is 26.9 Å². The van der Waals surface area contributed by atoms with Gasteiger partial charge in [0.2, 0.25) is 0 Å². The van der Waals surface area contributed by atoms with Gasteiger partial charge in [-0.05, 0) is 12.1 Å². The Morgan fingerprint density at radius 1 is 0.750 bits per heavy atom. The fourth-order valence-corrected chi connectivity index (χ4v) is 5.56. The number of hydrogen-bond donors (Lipinski definition) is 0. The summed E-state index contributed by atoms with van der Waals surface area (Å²) in [4.78, 5) is 0. The van der Waals surface area contributed by atoms with Crippen LogP contribution in [-0.2, 0) is 0 Å². The molecule has 2 aromatic rings. The zero-order valence-corrected chi connectivity index (χ0v) is 10.8. The van der Waals surface area contributed by atoms with Gasteiger partial charge in [0.05, 0.1) is 0 Å². The van der Waals surface area contributed by atoms with Gasteiger partial charge in [0, 0.05) is 10.4 Å². The van der Waals surface area contributed by atoms with E-state index in [2.05, 4.69) is 0 Å². The molecule has 0 saturated carbocycles. The predicted octanol–water partition coefficient (Wildman–Crippen LogP) is 2.83. The van der Waals surface area contributed by atoms with Gasteiger partial charge in [-0.25, -0.2) is 0 Å². The first-order chi connectivity index (χ1) is 7.69. The molecule has 0 aliphatic carbocycles. The zero-order valence-electron chi connectivity index (χ0n) is 8.28. The van der Waals surface area contributed by atoms with Gasteiger partial charge in [-0.2, -0.15) is 0 Å². The third-order valence-corrected chi connectivity index (χ3v) is 7.29. The van der Waals surface area contributed by atoms with Crippen molar-refractivity contribution in [3.63, 3.8) is 0 Å². The first-order valence-electron chi connectivity index (χ1n) is 4.94. The van der Waals surface area contributed by atoms with Crippen LogP contribution < -0.4 is 15.1 Å². The molecule has 0 bridgehead atoms. The van der Waals surface area contributed by atoms with Crippen molar-refractivity contribution < 1.29 is 4.74 Å². The van der Waals surface area contributed by atoms with Crippen molar-refractivity contribution in [2.75, 3.05) is 0 Å². The molecule has 1 aliphatic rings. The second-order valence-electron chi connectivity index (χ2n) is 3.67. The highest BCUT2D eigenvalue weighted by Crippen LogP contribution is 2.32. The molecule has 0 atom stereocenters. The van der Waals surface area contributed by atoms with Gasteiger partial charge >= 0.3 is 6.69 Å². The third-order valence-electron chi connectivity index (χ3n) is 2.67. The van der Waals surface area contributed by atoms with E-state index >= 15 is 0 Å². The molecule has 0 spiro atoms. The minimum atomic E-state index is -2.61. The van der Waals surface area contributed by atoms with Crippen LogP contribution in [0, 0.1) is 0 Å². The molecule has 16 heavy (non-hydrogen) atoms. The van der Waals surface area contributed by atoms with E-state index in [9.17, 15) is 0 Å². The first kappa shape index (κ1) is 10.2. The minimum Gasteiger partial charge on any atom is -0.457 e. The summed E-state index contributed by atoms with van der Waals surface area (Å²) in [7, 11) is 0. The van der Waals surface area contributed by atoms with E-state index in [1.807, 2.05) is 48.5 Å². The Morgan fingerprint density at radius 2 is 1.19 bits per heavy atom. The quantitative estimate of drug-likeness (QED) is 0.527. The maximum Gasteiger partial charge on any atom is 0.317 e. The van der Waals surface area contributed by atoms with E-state index in [1.54, 1.807) is 0 Å². The fraction of sp³-hybridized carbons (Fsp3) is 0. The largest absolute Gasteiger partial charge is 0.457 e. The molecule has 2 aromatic carbocycles. The average Bonchev–Trinajstić information content (AvgIpc) is 2.29. The number of fused-ring (bicyclic) bond motifs is 2. The lowest BCUT2D eigenvalue weighted by atomic mass is 10.3. The van der Waals surface area contributed by atoms with Crippen LogP contribution in [-0.4, -0.2) is 6.69 Å². The van der Waals surface area contributed by atoms with Crippen LogP contribution in [0.4, 0.5) is 0 Å². The van der Waals surface area contributed by atoms with E-state index < -0.39 is 6.69 Å². The highest BCUT2D eigenvalue weighted by atomic mass is 35.7. The summed E-state index contributed by atoms with van der Waals surface area (Å²) in [5.74, 6) is 1.55. The molecule has 1 aliphatic heterocycles. The third kappa shape index (κ3) is 1.38. The lowest BCUT2D eigenvalue weighted by molar-refractivity contribution is 0.487. The smallest absolute Gasteiger partial charge is 0.317 e. The van der Waals surface area contributed by atoms with Crippen LogP contribution in [0.1, 0.15) is 0 Å². The van der Waals surface area contributed by atoms with E-state index in [1.165, 1.54) is 0 Å². The average molecular weight is 267 g/mol. The summed E-state index contributed by atoms with van der Waals surface area (Å²) in [5.41, 5.74) is 0. The molecule has 3 rings (SSSR count). The summed E-state index contributed by atoms with van der Waals surface area (Å²) < 4.78 is 5.78. The molecule has 80 valence electrons. The van der Waals surface area contributed by atoms with E-state index in [0.717, 1.165) is 21.9 Å². The van der Waals surface area contributed by atoms with E-state index in [-0.39, 0.29) is 0 Å². The molecular formula is C12H8Cl2OSi. The van der Waals surface area contributed by atoms with Crippen LogP contribution in [0.2, 0.25) is 0 Å². The van der Waals surface area contributed by atoms with Crippen molar-refractivity contribution >= 4 is 39.2 Å². The molecule has 1 heterocycles. The standard InChI is InChI=1S/C12H8Cl2OSi/c13-16(14)11-7-3-1-5-9(11)15-10-6-2-4-8-12(10)16/h1-8H. The number of para-hydroxylation sites is 2. The summed E-state index contributed by atoms with van der Waals surface area (Å²) in [6, 6.07) is 15.4. The Kier molecular flexibility index (Phi) is 2.25. The molecule has 0 saturated heterocycles. The molecule has 0 radical (unpaired) electrons. The number of halogens is 2. The van der Waals surface area contributed by atoms with Crippen molar-refractivity contribution in [1.29, 1.82) is 0 Å². The lowest BCUT2D eigenvalue weighted by Crippen LogP contribution is -2.52. The maximum atomic E-state index is 6.56.